The van der Waals surface area contributed by atoms with Gasteiger partial charge in [-0.3, -0.25) is 0 Å². The third kappa shape index (κ3) is 5.59. The van der Waals surface area contributed by atoms with E-state index in [-0.39, 0.29) is 11.6 Å². The molecule has 112 valence electrons. The van der Waals surface area contributed by atoms with Crippen LogP contribution in [0.3, 0.4) is 0 Å². The minimum Gasteiger partial charge on any atom is -0.492 e. The summed E-state index contributed by atoms with van der Waals surface area (Å²) in [6.07, 6.45) is 0. The highest BCUT2D eigenvalue weighted by atomic mass is 16.5. The lowest BCUT2D eigenvalue weighted by atomic mass is 10.1. The zero-order valence-corrected chi connectivity index (χ0v) is 12.3. The van der Waals surface area contributed by atoms with Crippen molar-refractivity contribution in [2.45, 2.75) is 19.9 Å². The van der Waals surface area contributed by atoms with E-state index in [0.717, 1.165) is 0 Å². The van der Waals surface area contributed by atoms with Gasteiger partial charge in [-0.15, -0.1) is 0 Å². The quantitative estimate of drug-likeness (QED) is 0.678. The lowest BCUT2D eigenvalue weighted by molar-refractivity contribution is 0.0696. The van der Waals surface area contributed by atoms with Gasteiger partial charge in [-0.2, -0.15) is 0 Å². The zero-order valence-electron chi connectivity index (χ0n) is 12.3. The molecule has 0 aliphatic heterocycles. The maximum atomic E-state index is 10.8. The van der Waals surface area contributed by atoms with Crippen molar-refractivity contribution in [3.05, 3.63) is 29.8 Å². The van der Waals surface area contributed by atoms with Gasteiger partial charge in [0.25, 0.3) is 0 Å². The fourth-order valence-electron chi connectivity index (χ4n) is 1.80. The molecule has 0 heterocycles. The number of carboxylic acid groups (broad SMARTS) is 1. The van der Waals surface area contributed by atoms with Gasteiger partial charge in [0.05, 0.1) is 12.2 Å². The van der Waals surface area contributed by atoms with Crippen molar-refractivity contribution in [2.24, 2.45) is 5.92 Å². The van der Waals surface area contributed by atoms with Crippen molar-refractivity contribution in [1.29, 1.82) is 0 Å². The van der Waals surface area contributed by atoms with Gasteiger partial charge < -0.3 is 19.9 Å². The molecule has 1 aromatic rings. The Balaban J connectivity index is 2.37. The maximum absolute atomic E-state index is 10.8. The molecule has 0 spiro atoms. The fraction of sp³-hybridized carbons (Fsp3) is 0.533. The molecule has 0 saturated heterocycles. The van der Waals surface area contributed by atoms with Gasteiger partial charge in [-0.1, -0.05) is 19.9 Å². The van der Waals surface area contributed by atoms with Crippen LogP contribution in [0.15, 0.2) is 24.3 Å². The predicted octanol–water partition coefficient (Wildman–Crippen LogP) is 2.02. The molecule has 1 aromatic carbocycles. The first kappa shape index (κ1) is 16.5. The summed E-state index contributed by atoms with van der Waals surface area (Å²) in [7, 11) is 1.69. The number of ether oxygens (including phenoxy) is 2. The van der Waals surface area contributed by atoms with Gasteiger partial charge in [-0.25, -0.2) is 4.79 Å². The Morgan fingerprint density at radius 1 is 1.40 bits per heavy atom. The smallest absolute Gasteiger partial charge is 0.335 e. The summed E-state index contributed by atoms with van der Waals surface area (Å²) >= 11 is 0. The molecular weight excluding hydrogens is 258 g/mol. The molecule has 1 atom stereocenters. The minimum atomic E-state index is -0.950. The summed E-state index contributed by atoms with van der Waals surface area (Å²) in [4.78, 5) is 10.8. The SMILES string of the molecule is COCC(NCCOc1cccc(C(=O)O)c1)C(C)C. The van der Waals surface area contributed by atoms with Crippen LogP contribution in [0.1, 0.15) is 24.2 Å². The van der Waals surface area contributed by atoms with Gasteiger partial charge in [0.15, 0.2) is 0 Å². The Hall–Kier alpha value is -1.59. The van der Waals surface area contributed by atoms with Crippen LogP contribution in [0.25, 0.3) is 0 Å². The lowest BCUT2D eigenvalue weighted by Gasteiger charge is -2.21. The van der Waals surface area contributed by atoms with Crippen molar-refractivity contribution in [1.82, 2.24) is 5.32 Å². The number of hydrogen-bond donors (Lipinski definition) is 2. The summed E-state index contributed by atoms with van der Waals surface area (Å²) < 4.78 is 10.7. The van der Waals surface area contributed by atoms with Gasteiger partial charge in [0.2, 0.25) is 0 Å². The highest BCUT2D eigenvalue weighted by Gasteiger charge is 2.11. The fourth-order valence-corrected chi connectivity index (χ4v) is 1.80. The first-order chi connectivity index (χ1) is 9.54. The maximum Gasteiger partial charge on any atom is 0.335 e. The van der Waals surface area contributed by atoms with Gasteiger partial charge in [0, 0.05) is 19.7 Å². The van der Waals surface area contributed by atoms with Crippen LogP contribution in [-0.2, 0) is 4.74 Å². The van der Waals surface area contributed by atoms with E-state index in [9.17, 15) is 4.79 Å². The van der Waals surface area contributed by atoms with Crippen LogP contribution < -0.4 is 10.1 Å². The second-order valence-electron chi connectivity index (χ2n) is 4.94. The largest absolute Gasteiger partial charge is 0.492 e. The van der Waals surface area contributed by atoms with Crippen molar-refractivity contribution < 1.29 is 19.4 Å². The number of carbonyl (C=O) groups is 1. The summed E-state index contributed by atoms with van der Waals surface area (Å²) in [6.45, 7) is 6.09. The molecule has 0 fully saturated rings. The van der Waals surface area contributed by atoms with E-state index < -0.39 is 5.97 Å². The zero-order chi connectivity index (χ0) is 15.0. The Bertz CT molecular complexity index is 420. The standard InChI is InChI=1S/C15H23NO4/c1-11(2)14(10-19-3)16-7-8-20-13-6-4-5-12(9-13)15(17)18/h4-6,9,11,14,16H,7-8,10H2,1-3H3,(H,17,18). The third-order valence-electron chi connectivity index (χ3n) is 3.01. The van der Waals surface area contributed by atoms with Crippen LogP contribution in [0.5, 0.6) is 5.75 Å². The van der Waals surface area contributed by atoms with E-state index in [1.165, 1.54) is 6.07 Å². The summed E-state index contributed by atoms with van der Waals surface area (Å²) in [5.74, 6) is 0.0957. The number of methoxy groups -OCH3 is 1. The number of rotatable bonds is 9. The van der Waals surface area contributed by atoms with E-state index in [4.69, 9.17) is 14.6 Å². The molecule has 5 nitrogen and oxygen atoms in total. The second-order valence-corrected chi connectivity index (χ2v) is 4.94. The molecule has 5 heteroatoms. The Morgan fingerprint density at radius 3 is 2.75 bits per heavy atom. The molecule has 20 heavy (non-hydrogen) atoms. The van der Waals surface area contributed by atoms with Crippen molar-refractivity contribution in [3.8, 4) is 5.75 Å². The van der Waals surface area contributed by atoms with Crippen LogP contribution in [0.4, 0.5) is 0 Å². The van der Waals surface area contributed by atoms with Crippen molar-refractivity contribution >= 4 is 5.97 Å². The molecule has 2 N–H and O–H groups in total. The number of nitrogens with one attached hydrogen (secondary N) is 1. The number of carboxylic acids is 1. The first-order valence-corrected chi connectivity index (χ1v) is 6.73. The van der Waals surface area contributed by atoms with E-state index >= 15 is 0 Å². The first-order valence-electron chi connectivity index (χ1n) is 6.73. The molecule has 0 radical (unpaired) electrons. The molecule has 0 saturated carbocycles. The highest BCUT2D eigenvalue weighted by Crippen LogP contribution is 2.13. The lowest BCUT2D eigenvalue weighted by Crippen LogP contribution is -2.39. The average molecular weight is 281 g/mol. The van der Waals surface area contributed by atoms with E-state index in [2.05, 4.69) is 19.2 Å². The molecule has 0 aliphatic carbocycles. The average Bonchev–Trinajstić information content (AvgIpc) is 2.42. The topological polar surface area (TPSA) is 67.8 Å². The molecule has 0 amide bonds. The number of aromatic carboxylic acids is 1. The Kier molecular flexibility index (Phi) is 7.04. The van der Waals surface area contributed by atoms with E-state index in [0.29, 0.717) is 31.4 Å². The summed E-state index contributed by atoms with van der Waals surface area (Å²) in [6, 6.07) is 6.78. The number of hydrogen-bond acceptors (Lipinski definition) is 4. The normalized spacial score (nSPS) is 12.4. The molecule has 0 aliphatic rings. The molecule has 1 unspecified atom stereocenters. The molecule has 1 rings (SSSR count). The monoisotopic (exact) mass is 281 g/mol. The van der Waals surface area contributed by atoms with E-state index in [1.807, 2.05) is 0 Å². The van der Waals surface area contributed by atoms with E-state index in [1.54, 1.807) is 25.3 Å². The molecule has 0 aromatic heterocycles. The molecule has 0 bridgehead atoms. The number of benzene rings is 1. The Labute approximate surface area is 119 Å². The highest BCUT2D eigenvalue weighted by molar-refractivity contribution is 5.87. The van der Waals surface area contributed by atoms with Gasteiger partial charge >= 0.3 is 5.97 Å². The Morgan fingerprint density at radius 2 is 2.15 bits per heavy atom. The van der Waals surface area contributed by atoms with Crippen LogP contribution in [0.2, 0.25) is 0 Å². The predicted molar refractivity (Wildman–Crippen MR) is 77.4 cm³/mol. The summed E-state index contributed by atoms with van der Waals surface area (Å²) in [5, 5.41) is 12.3. The van der Waals surface area contributed by atoms with Crippen molar-refractivity contribution in [3.63, 3.8) is 0 Å². The van der Waals surface area contributed by atoms with Crippen LogP contribution in [0, 0.1) is 5.92 Å². The molecular formula is C15H23NO4. The van der Waals surface area contributed by atoms with Gasteiger partial charge in [0.1, 0.15) is 12.4 Å². The van der Waals surface area contributed by atoms with Crippen LogP contribution >= 0.6 is 0 Å². The second kappa shape index (κ2) is 8.55. The van der Waals surface area contributed by atoms with Crippen LogP contribution in [-0.4, -0.2) is 44.0 Å². The minimum absolute atomic E-state index is 0.231. The third-order valence-corrected chi connectivity index (χ3v) is 3.01. The van der Waals surface area contributed by atoms with Gasteiger partial charge in [-0.05, 0) is 24.1 Å². The summed E-state index contributed by atoms with van der Waals surface area (Å²) in [5.41, 5.74) is 0.231. The van der Waals surface area contributed by atoms with Crippen molar-refractivity contribution in [2.75, 3.05) is 26.9 Å².